The van der Waals surface area contributed by atoms with Crippen LogP contribution in [-0.4, -0.2) is 17.4 Å². The van der Waals surface area contributed by atoms with E-state index in [1.54, 1.807) is 12.3 Å². The third kappa shape index (κ3) is 4.77. The first-order chi connectivity index (χ1) is 7.63. The highest BCUT2D eigenvalue weighted by Gasteiger charge is 2.03. The van der Waals surface area contributed by atoms with Crippen molar-refractivity contribution >= 4 is 40.6 Å². The molecule has 1 rings (SSSR count). The fraction of sp³-hybridized carbons (Fsp3) is 0.545. The highest BCUT2D eigenvalue weighted by Crippen LogP contribution is 2.22. The minimum absolute atomic E-state index is 0.548. The van der Waals surface area contributed by atoms with Gasteiger partial charge in [-0.1, -0.05) is 30.1 Å². The van der Waals surface area contributed by atoms with Crippen molar-refractivity contribution in [1.82, 2.24) is 4.98 Å². The Kier molecular flexibility index (Phi) is 6.25. The smallest absolute Gasteiger partial charge is 0.144 e. The van der Waals surface area contributed by atoms with Gasteiger partial charge >= 0.3 is 0 Å². The SMILES string of the molecule is CC(CCl)CCCNc1ncc(Cl)cc1Cl. The fourth-order valence-electron chi connectivity index (χ4n) is 1.28. The maximum atomic E-state index is 5.97. The van der Waals surface area contributed by atoms with E-state index in [9.17, 15) is 0 Å². The summed E-state index contributed by atoms with van der Waals surface area (Å²) in [4.78, 5) is 4.11. The molecule has 1 atom stereocenters. The van der Waals surface area contributed by atoms with E-state index >= 15 is 0 Å². The standard InChI is InChI=1S/C11H15Cl3N2/c1-8(6-12)3-2-4-15-11-10(14)5-9(13)7-16-11/h5,7-8H,2-4,6H2,1H3,(H,15,16). The summed E-state index contributed by atoms with van der Waals surface area (Å²) in [5.41, 5.74) is 0. The number of hydrogen-bond acceptors (Lipinski definition) is 2. The molecule has 5 heteroatoms. The average Bonchev–Trinajstić information content (AvgIpc) is 2.26. The van der Waals surface area contributed by atoms with Crippen LogP contribution in [0.1, 0.15) is 19.8 Å². The molecule has 16 heavy (non-hydrogen) atoms. The summed E-state index contributed by atoms with van der Waals surface area (Å²) in [6.07, 6.45) is 3.73. The van der Waals surface area contributed by atoms with Crippen LogP contribution in [-0.2, 0) is 0 Å². The van der Waals surface area contributed by atoms with Gasteiger partial charge in [0.15, 0.2) is 0 Å². The highest BCUT2D eigenvalue weighted by molar-refractivity contribution is 6.35. The number of aromatic nitrogens is 1. The van der Waals surface area contributed by atoms with E-state index in [0.29, 0.717) is 27.7 Å². The molecule has 0 radical (unpaired) electrons. The first-order valence-corrected chi connectivity index (χ1v) is 6.53. The molecule has 90 valence electrons. The van der Waals surface area contributed by atoms with Gasteiger partial charge in [-0.2, -0.15) is 0 Å². The first-order valence-electron chi connectivity index (χ1n) is 5.24. The molecule has 0 fully saturated rings. The normalized spacial score (nSPS) is 12.5. The molecule has 0 amide bonds. The third-order valence-electron chi connectivity index (χ3n) is 2.24. The fourth-order valence-corrected chi connectivity index (χ4v) is 1.88. The van der Waals surface area contributed by atoms with Gasteiger partial charge < -0.3 is 5.32 Å². The summed E-state index contributed by atoms with van der Waals surface area (Å²) in [7, 11) is 0. The van der Waals surface area contributed by atoms with Crippen LogP contribution in [0.3, 0.4) is 0 Å². The van der Waals surface area contributed by atoms with Crippen LogP contribution in [0.4, 0.5) is 5.82 Å². The van der Waals surface area contributed by atoms with Crippen molar-refractivity contribution in [3.8, 4) is 0 Å². The zero-order valence-corrected chi connectivity index (χ0v) is 11.4. The van der Waals surface area contributed by atoms with Gasteiger partial charge in [-0.3, -0.25) is 0 Å². The van der Waals surface area contributed by atoms with Crippen molar-refractivity contribution in [3.63, 3.8) is 0 Å². The quantitative estimate of drug-likeness (QED) is 0.615. The molecule has 0 aliphatic rings. The van der Waals surface area contributed by atoms with Crippen LogP contribution in [0.15, 0.2) is 12.3 Å². The van der Waals surface area contributed by atoms with Gasteiger partial charge in [-0.05, 0) is 24.8 Å². The summed E-state index contributed by atoms with van der Waals surface area (Å²) >= 11 is 17.4. The Morgan fingerprint density at radius 1 is 1.44 bits per heavy atom. The van der Waals surface area contributed by atoms with Gasteiger partial charge in [0.05, 0.1) is 10.0 Å². The molecule has 0 bridgehead atoms. The lowest BCUT2D eigenvalue weighted by atomic mass is 10.1. The Bertz CT molecular complexity index is 331. The maximum absolute atomic E-state index is 5.97. The zero-order valence-electron chi connectivity index (χ0n) is 9.14. The van der Waals surface area contributed by atoms with E-state index in [2.05, 4.69) is 17.2 Å². The Morgan fingerprint density at radius 2 is 2.19 bits per heavy atom. The second-order valence-electron chi connectivity index (χ2n) is 3.81. The van der Waals surface area contributed by atoms with Crippen LogP contribution < -0.4 is 5.32 Å². The van der Waals surface area contributed by atoms with Crippen molar-refractivity contribution in [3.05, 3.63) is 22.3 Å². The van der Waals surface area contributed by atoms with Crippen LogP contribution in [0.2, 0.25) is 10.0 Å². The molecule has 1 aromatic rings. The van der Waals surface area contributed by atoms with Crippen molar-refractivity contribution in [2.24, 2.45) is 5.92 Å². The second-order valence-corrected chi connectivity index (χ2v) is 4.96. The van der Waals surface area contributed by atoms with Crippen molar-refractivity contribution < 1.29 is 0 Å². The summed E-state index contributed by atoms with van der Waals surface area (Å²) in [6, 6.07) is 1.68. The van der Waals surface area contributed by atoms with Gasteiger partial charge in [-0.15, -0.1) is 11.6 Å². The molecule has 1 aromatic heterocycles. The number of hydrogen-bond donors (Lipinski definition) is 1. The molecule has 1 heterocycles. The van der Waals surface area contributed by atoms with Crippen molar-refractivity contribution in [2.75, 3.05) is 17.7 Å². The van der Waals surface area contributed by atoms with E-state index in [-0.39, 0.29) is 0 Å². The largest absolute Gasteiger partial charge is 0.369 e. The highest BCUT2D eigenvalue weighted by atomic mass is 35.5. The zero-order chi connectivity index (χ0) is 12.0. The molecular weight excluding hydrogens is 266 g/mol. The average molecular weight is 282 g/mol. The van der Waals surface area contributed by atoms with Crippen LogP contribution in [0, 0.1) is 5.92 Å². The third-order valence-corrected chi connectivity index (χ3v) is 3.26. The van der Waals surface area contributed by atoms with Gasteiger partial charge in [0.25, 0.3) is 0 Å². The summed E-state index contributed by atoms with van der Waals surface area (Å²) in [6.45, 7) is 2.98. The molecule has 0 spiro atoms. The predicted molar refractivity (Wildman–Crippen MR) is 71.9 cm³/mol. The van der Waals surface area contributed by atoms with Gasteiger partial charge in [0, 0.05) is 18.6 Å². The van der Waals surface area contributed by atoms with E-state index in [0.717, 1.165) is 19.4 Å². The monoisotopic (exact) mass is 280 g/mol. The van der Waals surface area contributed by atoms with Crippen molar-refractivity contribution in [2.45, 2.75) is 19.8 Å². The Balaban J connectivity index is 2.32. The second kappa shape index (κ2) is 7.21. The first kappa shape index (κ1) is 13.9. The summed E-state index contributed by atoms with van der Waals surface area (Å²) in [5, 5.41) is 4.28. The number of rotatable bonds is 6. The lowest BCUT2D eigenvalue weighted by Crippen LogP contribution is -2.06. The summed E-state index contributed by atoms with van der Waals surface area (Å²) in [5.74, 6) is 1.95. The number of nitrogens with zero attached hydrogens (tertiary/aromatic N) is 1. The molecule has 0 aromatic carbocycles. The van der Waals surface area contributed by atoms with E-state index in [1.807, 2.05) is 0 Å². The number of anilines is 1. The van der Waals surface area contributed by atoms with Gasteiger partial charge in [0.2, 0.25) is 0 Å². The minimum atomic E-state index is 0.548. The Hall–Kier alpha value is -0.180. The van der Waals surface area contributed by atoms with Crippen LogP contribution in [0.25, 0.3) is 0 Å². The van der Waals surface area contributed by atoms with Crippen LogP contribution >= 0.6 is 34.8 Å². The number of halogens is 3. The molecule has 0 aliphatic carbocycles. The van der Waals surface area contributed by atoms with E-state index in [1.165, 1.54) is 0 Å². The lowest BCUT2D eigenvalue weighted by Gasteiger charge is -2.09. The van der Waals surface area contributed by atoms with Gasteiger partial charge in [0.1, 0.15) is 5.82 Å². The molecule has 0 saturated heterocycles. The number of nitrogens with one attached hydrogen (secondary N) is 1. The number of pyridine rings is 1. The van der Waals surface area contributed by atoms with Crippen LogP contribution in [0.5, 0.6) is 0 Å². The Labute approximate surface area is 111 Å². The maximum Gasteiger partial charge on any atom is 0.144 e. The number of alkyl halides is 1. The molecule has 0 aliphatic heterocycles. The minimum Gasteiger partial charge on any atom is -0.369 e. The summed E-state index contributed by atoms with van der Waals surface area (Å²) < 4.78 is 0. The molecule has 0 saturated carbocycles. The van der Waals surface area contributed by atoms with E-state index < -0.39 is 0 Å². The van der Waals surface area contributed by atoms with Crippen molar-refractivity contribution in [1.29, 1.82) is 0 Å². The molecular formula is C11H15Cl3N2. The van der Waals surface area contributed by atoms with E-state index in [4.69, 9.17) is 34.8 Å². The van der Waals surface area contributed by atoms with Gasteiger partial charge in [-0.25, -0.2) is 4.98 Å². The molecule has 2 nitrogen and oxygen atoms in total. The predicted octanol–water partition coefficient (Wildman–Crippen LogP) is 4.46. The topological polar surface area (TPSA) is 24.9 Å². The Morgan fingerprint density at radius 3 is 2.81 bits per heavy atom. The molecule has 1 unspecified atom stereocenters. The lowest BCUT2D eigenvalue weighted by molar-refractivity contribution is 0.572. The molecule has 1 N–H and O–H groups in total.